The maximum Gasteiger partial charge on any atom is 0.294 e. The van der Waals surface area contributed by atoms with Crippen LogP contribution in [0.1, 0.15) is 0 Å². The van der Waals surface area contributed by atoms with Gasteiger partial charge in [-0.2, -0.15) is 8.42 Å². The molecule has 0 aliphatic carbocycles. The zero-order valence-electron chi connectivity index (χ0n) is 12.8. The molecule has 0 spiro atoms. The molecule has 0 aromatic heterocycles. The number of hydrogen-bond acceptors (Lipinski definition) is 2. The van der Waals surface area contributed by atoms with Crippen LogP contribution in [0.15, 0.2) is 95.9 Å². The van der Waals surface area contributed by atoms with E-state index in [1.54, 1.807) is 18.2 Å². The van der Waals surface area contributed by atoms with Gasteiger partial charge in [-0.25, -0.2) is 0 Å². The highest BCUT2D eigenvalue weighted by Crippen LogP contribution is 2.22. The Bertz CT molecular complexity index is 966. The zero-order valence-corrected chi connectivity index (χ0v) is 13.6. The molecule has 1 N–H and O–H groups in total. The summed E-state index contributed by atoms with van der Waals surface area (Å²) in [5.74, 6) is 0. The number of hydrogen-bond donors (Lipinski definition) is 1. The highest BCUT2D eigenvalue weighted by Gasteiger charge is 2.05. The third kappa shape index (κ3) is 3.79. The lowest BCUT2D eigenvalue weighted by atomic mass is 10.0. The summed E-state index contributed by atoms with van der Waals surface area (Å²) in [6.07, 6.45) is 0. The van der Waals surface area contributed by atoms with Crippen LogP contribution in [0, 0.1) is 0 Å². The van der Waals surface area contributed by atoms with E-state index in [0.29, 0.717) is 0 Å². The molecule has 120 valence electrons. The van der Waals surface area contributed by atoms with E-state index in [1.165, 1.54) is 33.7 Å². The van der Waals surface area contributed by atoms with Crippen molar-refractivity contribution >= 4 is 31.7 Å². The normalized spacial score (nSPS) is 11.0. The van der Waals surface area contributed by atoms with E-state index in [-0.39, 0.29) is 4.90 Å². The summed E-state index contributed by atoms with van der Waals surface area (Å²) in [6, 6.07) is 28.8. The van der Waals surface area contributed by atoms with E-state index >= 15 is 0 Å². The van der Waals surface area contributed by atoms with Crippen LogP contribution in [0.4, 0.5) is 0 Å². The van der Waals surface area contributed by atoms with Crippen LogP contribution in [0.2, 0.25) is 0 Å². The fraction of sp³-hybridized carbons (Fsp3) is 0. The Hall–Kier alpha value is -2.69. The molecule has 0 saturated heterocycles. The Labute approximate surface area is 140 Å². The van der Waals surface area contributed by atoms with Crippen LogP contribution in [0.5, 0.6) is 0 Å². The molecule has 0 fully saturated rings. The van der Waals surface area contributed by atoms with E-state index in [0.717, 1.165) is 0 Å². The minimum absolute atomic E-state index is 0.0741. The second kappa shape index (κ2) is 6.83. The van der Waals surface area contributed by atoms with E-state index in [2.05, 4.69) is 60.7 Å². The molecule has 4 rings (SSSR count). The first kappa shape index (κ1) is 16.2. The zero-order chi connectivity index (χ0) is 17.0. The van der Waals surface area contributed by atoms with Crippen LogP contribution in [-0.2, 0) is 10.1 Å². The Morgan fingerprint density at radius 3 is 1.17 bits per heavy atom. The Morgan fingerprint density at radius 1 is 0.542 bits per heavy atom. The van der Waals surface area contributed by atoms with Crippen molar-refractivity contribution in [1.29, 1.82) is 0 Å². The van der Waals surface area contributed by atoms with Crippen LogP contribution in [0.3, 0.4) is 0 Å². The van der Waals surface area contributed by atoms with Gasteiger partial charge in [0.05, 0.1) is 4.90 Å². The topological polar surface area (TPSA) is 54.4 Å². The number of rotatable bonds is 1. The van der Waals surface area contributed by atoms with E-state index in [9.17, 15) is 8.42 Å². The van der Waals surface area contributed by atoms with Gasteiger partial charge in [-0.1, -0.05) is 66.7 Å². The van der Waals surface area contributed by atoms with Crippen molar-refractivity contribution in [2.75, 3.05) is 0 Å². The van der Waals surface area contributed by atoms with Crippen molar-refractivity contribution in [3.05, 3.63) is 91.0 Å². The molecule has 0 saturated carbocycles. The van der Waals surface area contributed by atoms with Gasteiger partial charge in [0.2, 0.25) is 0 Å². The lowest BCUT2D eigenvalue weighted by Crippen LogP contribution is -1.96. The molecule has 0 bridgehead atoms. The molecule has 0 unspecified atom stereocenters. The maximum atomic E-state index is 10.4. The third-order valence-electron chi connectivity index (χ3n) is 3.66. The van der Waals surface area contributed by atoms with Gasteiger partial charge in [0.15, 0.2) is 0 Å². The smallest absolute Gasteiger partial charge is 0.282 e. The van der Waals surface area contributed by atoms with Gasteiger partial charge in [-0.3, -0.25) is 4.55 Å². The van der Waals surface area contributed by atoms with Crippen molar-refractivity contribution in [3.63, 3.8) is 0 Å². The van der Waals surface area contributed by atoms with E-state index in [4.69, 9.17) is 4.55 Å². The van der Waals surface area contributed by atoms with Crippen molar-refractivity contribution in [2.24, 2.45) is 0 Å². The van der Waals surface area contributed by atoms with Gasteiger partial charge in [0.1, 0.15) is 0 Å². The van der Waals surface area contributed by atoms with Crippen LogP contribution in [-0.4, -0.2) is 13.0 Å². The lowest BCUT2D eigenvalue weighted by Gasteiger charge is -2.00. The molecule has 24 heavy (non-hydrogen) atoms. The minimum Gasteiger partial charge on any atom is -0.282 e. The molecule has 0 amide bonds. The van der Waals surface area contributed by atoms with E-state index < -0.39 is 10.1 Å². The Balaban J connectivity index is 0.000000150. The van der Waals surface area contributed by atoms with Gasteiger partial charge in [0, 0.05) is 0 Å². The van der Waals surface area contributed by atoms with Crippen LogP contribution in [0.25, 0.3) is 21.5 Å². The summed E-state index contributed by atoms with van der Waals surface area (Å²) in [6.45, 7) is 0. The third-order valence-corrected chi connectivity index (χ3v) is 4.52. The van der Waals surface area contributed by atoms with Gasteiger partial charge < -0.3 is 0 Å². The number of fused-ring (bicyclic) bond motifs is 2. The summed E-state index contributed by atoms with van der Waals surface area (Å²) in [7, 11) is -4.00. The predicted octanol–water partition coefficient (Wildman–Crippen LogP) is 4.93. The summed E-state index contributed by atoms with van der Waals surface area (Å²) in [5.41, 5.74) is 0. The first-order chi connectivity index (χ1) is 11.5. The Kier molecular flexibility index (Phi) is 4.60. The fourth-order valence-electron chi connectivity index (χ4n) is 2.48. The van der Waals surface area contributed by atoms with Crippen molar-refractivity contribution < 1.29 is 13.0 Å². The van der Waals surface area contributed by atoms with Gasteiger partial charge in [-0.05, 0) is 45.8 Å². The van der Waals surface area contributed by atoms with Gasteiger partial charge >= 0.3 is 0 Å². The maximum absolute atomic E-state index is 10.4. The standard InChI is InChI=1S/C14H10.C6H6O3S/c1-2-6-12-10-14-8-4-3-7-13(14)9-11(12)5-1;7-10(8,9)6-4-2-1-3-5-6/h1-10H;1-5H,(H,7,8,9). The molecule has 0 radical (unpaired) electrons. The van der Waals surface area contributed by atoms with Crippen molar-refractivity contribution in [1.82, 2.24) is 0 Å². The second-order valence-corrected chi connectivity index (χ2v) is 6.76. The second-order valence-electron chi connectivity index (χ2n) is 5.33. The molecule has 4 heteroatoms. The molecule has 4 aromatic carbocycles. The monoisotopic (exact) mass is 336 g/mol. The summed E-state index contributed by atoms with van der Waals surface area (Å²) in [5, 5.41) is 5.25. The van der Waals surface area contributed by atoms with Crippen LogP contribution < -0.4 is 0 Å². The molecule has 0 aliphatic heterocycles. The molecular weight excluding hydrogens is 320 g/mol. The van der Waals surface area contributed by atoms with Gasteiger partial charge in [-0.15, -0.1) is 0 Å². The highest BCUT2D eigenvalue weighted by molar-refractivity contribution is 7.85. The first-order valence-corrected chi connectivity index (χ1v) is 8.88. The molecule has 0 atom stereocenters. The summed E-state index contributed by atoms with van der Waals surface area (Å²) >= 11 is 0. The molecule has 0 aliphatic rings. The number of benzene rings is 4. The highest BCUT2D eigenvalue weighted by atomic mass is 32.2. The summed E-state index contributed by atoms with van der Waals surface area (Å²) in [4.78, 5) is -0.0741. The lowest BCUT2D eigenvalue weighted by molar-refractivity contribution is 0.483. The quantitative estimate of drug-likeness (QED) is 0.396. The largest absolute Gasteiger partial charge is 0.294 e. The predicted molar refractivity (Wildman–Crippen MR) is 97.7 cm³/mol. The fourth-order valence-corrected chi connectivity index (χ4v) is 2.98. The molecular formula is C20H16O3S. The average Bonchev–Trinajstić information content (AvgIpc) is 2.60. The SMILES string of the molecule is O=S(=O)(O)c1ccccc1.c1ccc2cc3ccccc3cc2c1. The minimum atomic E-state index is -4.00. The van der Waals surface area contributed by atoms with Crippen molar-refractivity contribution in [3.8, 4) is 0 Å². The molecule has 3 nitrogen and oxygen atoms in total. The van der Waals surface area contributed by atoms with Crippen molar-refractivity contribution in [2.45, 2.75) is 4.90 Å². The molecule has 4 aromatic rings. The van der Waals surface area contributed by atoms with Gasteiger partial charge in [0.25, 0.3) is 10.1 Å². The summed E-state index contributed by atoms with van der Waals surface area (Å²) < 4.78 is 29.2. The van der Waals surface area contributed by atoms with Crippen LogP contribution >= 0.6 is 0 Å². The first-order valence-electron chi connectivity index (χ1n) is 7.44. The van der Waals surface area contributed by atoms with E-state index in [1.807, 2.05) is 0 Å². The average molecular weight is 336 g/mol. The molecule has 0 heterocycles. The Morgan fingerprint density at radius 2 is 0.875 bits per heavy atom.